The maximum atomic E-state index is 12.6. The summed E-state index contributed by atoms with van der Waals surface area (Å²) in [5.41, 5.74) is 5.29. The second-order valence-electron chi connectivity index (χ2n) is 6.56. The fourth-order valence-electron chi connectivity index (χ4n) is 3.09. The predicted octanol–water partition coefficient (Wildman–Crippen LogP) is 2.84. The topological polar surface area (TPSA) is 64.7 Å². The average Bonchev–Trinajstić information content (AvgIpc) is 3.17. The molecular weight excluding hydrogens is 326 g/mol. The minimum absolute atomic E-state index is 0.00902. The number of hydrogen-bond acceptors (Lipinski definition) is 3. The van der Waals surface area contributed by atoms with E-state index in [9.17, 15) is 4.79 Å². The van der Waals surface area contributed by atoms with E-state index < -0.39 is 0 Å². The van der Waals surface area contributed by atoms with Crippen molar-refractivity contribution in [2.24, 2.45) is 7.05 Å². The van der Waals surface area contributed by atoms with Gasteiger partial charge in [0, 0.05) is 31.9 Å². The monoisotopic (exact) mass is 351 g/mol. The Balaban J connectivity index is 1.73. The van der Waals surface area contributed by atoms with Crippen molar-refractivity contribution in [2.45, 2.75) is 39.8 Å². The number of carbonyl (C=O) groups excluding carboxylic acids is 1. The van der Waals surface area contributed by atoms with E-state index in [-0.39, 0.29) is 11.9 Å². The Morgan fingerprint density at radius 2 is 1.88 bits per heavy atom. The second kappa shape index (κ2) is 7.56. The van der Waals surface area contributed by atoms with Crippen LogP contribution in [0.3, 0.4) is 0 Å². The molecule has 1 amide bonds. The summed E-state index contributed by atoms with van der Waals surface area (Å²) in [5, 5.41) is 11.9. The molecule has 0 saturated heterocycles. The molecule has 0 aliphatic rings. The van der Waals surface area contributed by atoms with Crippen LogP contribution >= 0.6 is 0 Å². The van der Waals surface area contributed by atoms with Crippen LogP contribution in [0, 0.1) is 20.8 Å². The highest BCUT2D eigenvalue weighted by Gasteiger charge is 2.20. The molecule has 0 saturated carbocycles. The van der Waals surface area contributed by atoms with Gasteiger partial charge in [-0.1, -0.05) is 30.3 Å². The third-order valence-corrected chi connectivity index (χ3v) is 4.89. The Labute approximate surface area is 153 Å². The second-order valence-corrected chi connectivity index (χ2v) is 6.56. The summed E-state index contributed by atoms with van der Waals surface area (Å²) in [6, 6.07) is 11.7. The van der Waals surface area contributed by atoms with E-state index >= 15 is 0 Å². The first-order chi connectivity index (χ1) is 12.5. The highest BCUT2D eigenvalue weighted by molar-refractivity contribution is 5.76. The third-order valence-electron chi connectivity index (χ3n) is 4.89. The fraction of sp³-hybridized carbons (Fsp3) is 0.350. The van der Waals surface area contributed by atoms with Crippen molar-refractivity contribution < 1.29 is 4.79 Å². The lowest BCUT2D eigenvalue weighted by atomic mass is 10.0. The number of benzene rings is 1. The SMILES string of the molecule is Cc1nn(CCC(=O)N[C@@H](c2ccccc2)c2ccnn2C)c(C)c1C. The van der Waals surface area contributed by atoms with Crippen molar-refractivity contribution in [1.29, 1.82) is 0 Å². The minimum Gasteiger partial charge on any atom is -0.344 e. The number of aromatic nitrogens is 4. The summed E-state index contributed by atoms with van der Waals surface area (Å²) in [4.78, 5) is 12.6. The van der Waals surface area contributed by atoms with Crippen molar-refractivity contribution in [3.63, 3.8) is 0 Å². The van der Waals surface area contributed by atoms with Gasteiger partial charge in [-0.05, 0) is 38.0 Å². The Kier molecular flexibility index (Phi) is 5.21. The van der Waals surface area contributed by atoms with Gasteiger partial charge in [-0.2, -0.15) is 10.2 Å². The molecule has 0 radical (unpaired) electrons. The van der Waals surface area contributed by atoms with Crippen molar-refractivity contribution in [3.8, 4) is 0 Å². The predicted molar refractivity (Wildman–Crippen MR) is 101 cm³/mol. The summed E-state index contributed by atoms with van der Waals surface area (Å²) in [6.45, 7) is 6.66. The molecular formula is C20H25N5O. The Morgan fingerprint density at radius 3 is 2.46 bits per heavy atom. The van der Waals surface area contributed by atoms with Crippen molar-refractivity contribution >= 4 is 5.91 Å². The van der Waals surface area contributed by atoms with E-state index in [0.717, 1.165) is 22.6 Å². The number of nitrogens with zero attached hydrogens (tertiary/aromatic N) is 4. The van der Waals surface area contributed by atoms with Crippen molar-refractivity contribution in [3.05, 3.63) is 70.8 Å². The standard InChI is InChI=1S/C20H25N5O/c1-14-15(2)23-25(16(14)3)13-11-19(26)22-20(17-8-6-5-7-9-17)18-10-12-21-24(18)4/h5-10,12,20H,11,13H2,1-4H3,(H,22,26)/t20-/m0/s1. The highest BCUT2D eigenvalue weighted by Crippen LogP contribution is 2.21. The van der Waals surface area contributed by atoms with E-state index in [1.165, 1.54) is 5.56 Å². The van der Waals surface area contributed by atoms with E-state index in [1.807, 2.05) is 62.0 Å². The normalized spacial score (nSPS) is 12.2. The molecule has 3 rings (SSSR count). The fourth-order valence-corrected chi connectivity index (χ4v) is 3.09. The lowest BCUT2D eigenvalue weighted by Crippen LogP contribution is -2.31. The molecule has 1 atom stereocenters. The molecule has 0 unspecified atom stereocenters. The largest absolute Gasteiger partial charge is 0.344 e. The van der Waals surface area contributed by atoms with Gasteiger partial charge in [-0.25, -0.2) is 0 Å². The zero-order valence-corrected chi connectivity index (χ0v) is 15.7. The van der Waals surface area contributed by atoms with Gasteiger partial charge in [0.1, 0.15) is 0 Å². The smallest absolute Gasteiger partial charge is 0.222 e. The Morgan fingerprint density at radius 1 is 1.15 bits per heavy atom. The number of hydrogen-bond donors (Lipinski definition) is 1. The van der Waals surface area contributed by atoms with E-state index in [0.29, 0.717) is 13.0 Å². The van der Waals surface area contributed by atoms with Crippen molar-refractivity contribution in [1.82, 2.24) is 24.9 Å². The van der Waals surface area contributed by atoms with Crippen LogP contribution in [0.25, 0.3) is 0 Å². The molecule has 1 N–H and O–H groups in total. The van der Waals surface area contributed by atoms with Crippen LogP contribution < -0.4 is 5.32 Å². The average molecular weight is 351 g/mol. The van der Waals surface area contributed by atoms with Gasteiger partial charge in [0.15, 0.2) is 0 Å². The van der Waals surface area contributed by atoms with Gasteiger partial charge in [0.05, 0.1) is 17.4 Å². The third kappa shape index (κ3) is 3.69. The quantitative estimate of drug-likeness (QED) is 0.743. The summed E-state index contributed by atoms with van der Waals surface area (Å²) in [6.07, 6.45) is 2.12. The molecule has 6 heteroatoms. The van der Waals surface area contributed by atoms with Gasteiger partial charge in [-0.3, -0.25) is 14.2 Å². The van der Waals surface area contributed by atoms with Crippen LogP contribution in [0.1, 0.15) is 40.7 Å². The summed E-state index contributed by atoms with van der Waals surface area (Å²) in [7, 11) is 1.89. The van der Waals surface area contributed by atoms with E-state index in [1.54, 1.807) is 10.9 Å². The molecule has 0 fully saturated rings. The van der Waals surface area contributed by atoms with Crippen LogP contribution in [-0.2, 0) is 18.4 Å². The number of rotatable bonds is 6. The molecule has 6 nitrogen and oxygen atoms in total. The molecule has 2 heterocycles. The lowest BCUT2D eigenvalue weighted by molar-refractivity contribution is -0.121. The summed E-state index contributed by atoms with van der Waals surface area (Å²) in [5.74, 6) is -0.00902. The Hall–Kier alpha value is -2.89. The van der Waals surface area contributed by atoms with Gasteiger partial charge >= 0.3 is 0 Å². The first kappa shape index (κ1) is 17.9. The van der Waals surface area contributed by atoms with Gasteiger partial charge in [-0.15, -0.1) is 0 Å². The molecule has 0 spiro atoms. The molecule has 0 aliphatic heterocycles. The zero-order chi connectivity index (χ0) is 18.7. The van der Waals surface area contributed by atoms with Gasteiger partial charge in [0.2, 0.25) is 5.91 Å². The molecule has 0 aliphatic carbocycles. The van der Waals surface area contributed by atoms with E-state index in [4.69, 9.17) is 0 Å². The zero-order valence-electron chi connectivity index (χ0n) is 15.7. The summed E-state index contributed by atoms with van der Waals surface area (Å²) >= 11 is 0. The lowest BCUT2D eigenvalue weighted by Gasteiger charge is -2.20. The maximum Gasteiger partial charge on any atom is 0.222 e. The Bertz CT molecular complexity index is 894. The van der Waals surface area contributed by atoms with E-state index in [2.05, 4.69) is 22.4 Å². The number of amides is 1. The van der Waals surface area contributed by atoms with Crippen LogP contribution in [-0.4, -0.2) is 25.5 Å². The van der Waals surface area contributed by atoms with Crippen molar-refractivity contribution in [2.75, 3.05) is 0 Å². The van der Waals surface area contributed by atoms with Gasteiger partial charge in [0.25, 0.3) is 0 Å². The molecule has 136 valence electrons. The van der Waals surface area contributed by atoms with Crippen LogP contribution in [0.5, 0.6) is 0 Å². The molecule has 2 aromatic heterocycles. The molecule has 26 heavy (non-hydrogen) atoms. The first-order valence-electron chi connectivity index (χ1n) is 8.80. The first-order valence-corrected chi connectivity index (χ1v) is 8.80. The molecule has 0 bridgehead atoms. The number of nitrogens with one attached hydrogen (secondary N) is 1. The molecule has 3 aromatic rings. The summed E-state index contributed by atoms with van der Waals surface area (Å²) < 4.78 is 3.70. The van der Waals surface area contributed by atoms with Crippen LogP contribution in [0.4, 0.5) is 0 Å². The molecule has 1 aromatic carbocycles. The number of aryl methyl sites for hydroxylation is 3. The number of carbonyl (C=O) groups is 1. The maximum absolute atomic E-state index is 12.6. The highest BCUT2D eigenvalue weighted by atomic mass is 16.1. The van der Waals surface area contributed by atoms with Crippen LogP contribution in [0.2, 0.25) is 0 Å². The van der Waals surface area contributed by atoms with Gasteiger partial charge < -0.3 is 5.32 Å². The minimum atomic E-state index is -0.224. The van der Waals surface area contributed by atoms with Crippen LogP contribution in [0.15, 0.2) is 42.6 Å².